The minimum Gasteiger partial charge on any atom is -0.221 e. The lowest BCUT2D eigenvalue weighted by atomic mass is 10.1. The van der Waals surface area contributed by atoms with E-state index in [1.807, 2.05) is 32.2 Å². The van der Waals surface area contributed by atoms with Crippen molar-refractivity contribution in [1.82, 2.24) is 9.78 Å². The summed E-state index contributed by atoms with van der Waals surface area (Å²) in [6.45, 7) is 6.20. The summed E-state index contributed by atoms with van der Waals surface area (Å²) in [5, 5.41) is 12.7. The number of azo groups is 1. The van der Waals surface area contributed by atoms with Crippen LogP contribution in [0.5, 0.6) is 0 Å². The van der Waals surface area contributed by atoms with Gasteiger partial charge in [0.2, 0.25) is 0 Å². The molecule has 4 heteroatoms. The van der Waals surface area contributed by atoms with Crippen LogP contribution in [-0.4, -0.2) is 15.3 Å². The molecule has 0 saturated heterocycles. The molecule has 1 aromatic heterocycles. The van der Waals surface area contributed by atoms with Gasteiger partial charge in [-0.05, 0) is 32.4 Å². The van der Waals surface area contributed by atoms with Crippen molar-refractivity contribution < 1.29 is 0 Å². The maximum absolute atomic E-state index is 4.44. The third kappa shape index (κ3) is 2.14. The Morgan fingerprint density at radius 1 is 1.40 bits per heavy atom. The summed E-state index contributed by atoms with van der Waals surface area (Å²) in [5.74, 6) is 0.822. The normalized spacial score (nSPS) is 18.2. The van der Waals surface area contributed by atoms with Crippen LogP contribution in [-0.2, 0) is 6.42 Å². The van der Waals surface area contributed by atoms with Crippen molar-refractivity contribution in [1.29, 1.82) is 0 Å². The highest BCUT2D eigenvalue weighted by Crippen LogP contribution is 2.25. The number of aromatic nitrogens is 2. The molecule has 2 heterocycles. The SMILES string of the molecule is CCCc1ccn(C2=CC(C)(C)N=N2)n1. The largest absolute Gasteiger partial charge is 0.221 e. The van der Waals surface area contributed by atoms with Crippen LogP contribution in [0.3, 0.4) is 0 Å². The van der Waals surface area contributed by atoms with Gasteiger partial charge < -0.3 is 0 Å². The second-order valence-electron chi connectivity index (χ2n) is 4.36. The van der Waals surface area contributed by atoms with Crippen molar-refractivity contribution in [3.05, 3.63) is 24.0 Å². The highest BCUT2D eigenvalue weighted by Gasteiger charge is 2.21. The summed E-state index contributed by atoms with van der Waals surface area (Å²) in [4.78, 5) is 0. The molecule has 0 aromatic carbocycles. The van der Waals surface area contributed by atoms with Crippen LogP contribution < -0.4 is 0 Å². The third-order valence-corrected chi connectivity index (χ3v) is 2.28. The molecule has 0 atom stereocenters. The zero-order valence-electron chi connectivity index (χ0n) is 9.44. The molecule has 0 aliphatic carbocycles. The van der Waals surface area contributed by atoms with E-state index in [9.17, 15) is 0 Å². The molecule has 1 aliphatic heterocycles. The van der Waals surface area contributed by atoms with E-state index in [4.69, 9.17) is 0 Å². The van der Waals surface area contributed by atoms with Crippen LogP contribution in [0, 0.1) is 0 Å². The Morgan fingerprint density at radius 2 is 2.20 bits per heavy atom. The maximum atomic E-state index is 4.44. The zero-order chi connectivity index (χ0) is 10.9. The number of aryl methyl sites for hydroxylation is 1. The Kier molecular flexibility index (Phi) is 2.42. The quantitative estimate of drug-likeness (QED) is 0.746. The van der Waals surface area contributed by atoms with E-state index >= 15 is 0 Å². The van der Waals surface area contributed by atoms with Crippen LogP contribution in [0.4, 0.5) is 0 Å². The molecule has 1 aliphatic rings. The van der Waals surface area contributed by atoms with E-state index in [1.165, 1.54) is 0 Å². The van der Waals surface area contributed by atoms with Gasteiger partial charge in [-0.15, -0.1) is 5.11 Å². The second kappa shape index (κ2) is 3.61. The molecule has 0 fully saturated rings. The van der Waals surface area contributed by atoms with Gasteiger partial charge in [-0.1, -0.05) is 13.3 Å². The highest BCUT2D eigenvalue weighted by molar-refractivity contribution is 5.47. The zero-order valence-corrected chi connectivity index (χ0v) is 9.44. The number of rotatable bonds is 3. The lowest BCUT2D eigenvalue weighted by Gasteiger charge is -2.04. The van der Waals surface area contributed by atoms with Gasteiger partial charge in [0.1, 0.15) is 0 Å². The molecule has 0 unspecified atom stereocenters. The Morgan fingerprint density at radius 3 is 2.80 bits per heavy atom. The van der Waals surface area contributed by atoms with Crippen molar-refractivity contribution >= 4 is 5.82 Å². The average molecular weight is 204 g/mol. The van der Waals surface area contributed by atoms with Crippen molar-refractivity contribution in [2.75, 3.05) is 0 Å². The molecule has 80 valence electrons. The summed E-state index contributed by atoms with van der Waals surface area (Å²) < 4.78 is 1.79. The van der Waals surface area contributed by atoms with Gasteiger partial charge in [-0.3, -0.25) is 0 Å². The molecule has 0 radical (unpaired) electrons. The number of hydrogen-bond acceptors (Lipinski definition) is 3. The molecule has 1 aromatic rings. The van der Waals surface area contributed by atoms with Gasteiger partial charge in [-0.2, -0.15) is 10.2 Å². The van der Waals surface area contributed by atoms with Gasteiger partial charge in [0.05, 0.1) is 11.2 Å². The molecule has 0 saturated carbocycles. The standard InChI is InChI=1S/C11H16N4/c1-4-5-9-6-7-15(13-9)10-8-11(2,3)14-12-10/h6-8H,4-5H2,1-3H3. The van der Waals surface area contributed by atoms with E-state index in [-0.39, 0.29) is 5.54 Å². The first-order valence-corrected chi connectivity index (χ1v) is 5.31. The third-order valence-electron chi connectivity index (χ3n) is 2.28. The Labute approximate surface area is 89.7 Å². The maximum Gasteiger partial charge on any atom is 0.173 e. The summed E-state index contributed by atoms with van der Waals surface area (Å²) in [6.07, 6.45) is 6.09. The second-order valence-corrected chi connectivity index (χ2v) is 4.36. The smallest absolute Gasteiger partial charge is 0.173 e. The fourth-order valence-electron chi connectivity index (χ4n) is 1.54. The van der Waals surface area contributed by atoms with Crippen LogP contribution in [0.25, 0.3) is 5.82 Å². The van der Waals surface area contributed by atoms with Gasteiger partial charge in [0.15, 0.2) is 5.82 Å². The van der Waals surface area contributed by atoms with Crippen molar-refractivity contribution in [3.8, 4) is 0 Å². The van der Waals surface area contributed by atoms with E-state index in [0.717, 1.165) is 24.4 Å². The van der Waals surface area contributed by atoms with Crippen LogP contribution in [0.2, 0.25) is 0 Å². The van der Waals surface area contributed by atoms with E-state index < -0.39 is 0 Å². The molecule has 2 rings (SSSR count). The molecule has 15 heavy (non-hydrogen) atoms. The minimum absolute atomic E-state index is 0.188. The first kappa shape index (κ1) is 10.1. The monoisotopic (exact) mass is 204 g/mol. The molecular weight excluding hydrogens is 188 g/mol. The average Bonchev–Trinajstić information content (AvgIpc) is 2.73. The van der Waals surface area contributed by atoms with Crippen LogP contribution in [0.15, 0.2) is 28.6 Å². The summed E-state index contributed by atoms with van der Waals surface area (Å²) in [6, 6.07) is 2.03. The lowest BCUT2D eigenvalue weighted by molar-refractivity contribution is 0.644. The van der Waals surface area contributed by atoms with E-state index in [0.29, 0.717) is 0 Å². The molecule has 4 nitrogen and oxygen atoms in total. The number of nitrogens with zero attached hydrogens (tertiary/aromatic N) is 4. The van der Waals surface area contributed by atoms with E-state index in [2.05, 4.69) is 22.3 Å². The van der Waals surface area contributed by atoms with Gasteiger partial charge in [0, 0.05) is 6.20 Å². The summed E-state index contributed by atoms with van der Waals surface area (Å²) >= 11 is 0. The fraction of sp³-hybridized carbons (Fsp3) is 0.545. The predicted octanol–water partition coefficient (Wildman–Crippen LogP) is 2.88. The fourth-order valence-corrected chi connectivity index (χ4v) is 1.54. The Bertz CT molecular complexity index is 412. The molecule has 0 bridgehead atoms. The van der Waals surface area contributed by atoms with Crippen molar-refractivity contribution in [2.45, 2.75) is 39.2 Å². The molecule has 0 spiro atoms. The van der Waals surface area contributed by atoms with Crippen molar-refractivity contribution in [2.24, 2.45) is 10.2 Å². The Hall–Kier alpha value is -1.45. The van der Waals surface area contributed by atoms with Gasteiger partial charge >= 0.3 is 0 Å². The van der Waals surface area contributed by atoms with E-state index in [1.54, 1.807) is 4.68 Å². The van der Waals surface area contributed by atoms with Crippen LogP contribution >= 0.6 is 0 Å². The van der Waals surface area contributed by atoms with Crippen LogP contribution in [0.1, 0.15) is 32.9 Å². The summed E-state index contributed by atoms with van der Waals surface area (Å²) in [5.41, 5.74) is 0.921. The first-order valence-electron chi connectivity index (χ1n) is 5.31. The van der Waals surface area contributed by atoms with Gasteiger partial charge in [-0.25, -0.2) is 4.68 Å². The minimum atomic E-state index is -0.188. The highest BCUT2D eigenvalue weighted by atomic mass is 15.4. The molecule has 0 N–H and O–H groups in total. The topological polar surface area (TPSA) is 42.5 Å². The van der Waals surface area contributed by atoms with Crippen molar-refractivity contribution in [3.63, 3.8) is 0 Å². The lowest BCUT2D eigenvalue weighted by Crippen LogP contribution is -2.08. The molecular formula is C11H16N4. The first-order chi connectivity index (χ1) is 7.11. The Balaban J connectivity index is 2.21. The summed E-state index contributed by atoms with van der Waals surface area (Å²) in [7, 11) is 0. The molecule has 0 amide bonds. The number of hydrogen-bond donors (Lipinski definition) is 0. The van der Waals surface area contributed by atoms with Gasteiger partial charge in [0.25, 0.3) is 0 Å². The predicted molar refractivity (Wildman–Crippen MR) is 59.4 cm³/mol.